The highest BCUT2D eigenvalue weighted by molar-refractivity contribution is 6.08. The van der Waals surface area contributed by atoms with Gasteiger partial charge in [0.2, 0.25) is 0 Å². The maximum Gasteiger partial charge on any atom is 0.273 e. The number of amides is 1. The van der Waals surface area contributed by atoms with Crippen molar-refractivity contribution in [1.29, 1.82) is 0 Å². The number of hydrogen-bond donors (Lipinski definition) is 2. The molecule has 0 aliphatic carbocycles. The van der Waals surface area contributed by atoms with Gasteiger partial charge in [0.15, 0.2) is 5.65 Å². The lowest BCUT2D eigenvalue weighted by Crippen LogP contribution is -2.29. The van der Waals surface area contributed by atoms with E-state index in [1.807, 2.05) is 6.07 Å². The highest BCUT2D eigenvalue weighted by Crippen LogP contribution is 2.27. The van der Waals surface area contributed by atoms with Gasteiger partial charge in [0, 0.05) is 11.9 Å². The van der Waals surface area contributed by atoms with E-state index in [2.05, 4.69) is 10.3 Å². The van der Waals surface area contributed by atoms with E-state index in [0.717, 1.165) is 0 Å². The van der Waals surface area contributed by atoms with Crippen molar-refractivity contribution in [1.82, 2.24) is 9.55 Å². The molecule has 2 heterocycles. The number of benzene rings is 2. The molecule has 29 heavy (non-hydrogen) atoms. The molecule has 2 aromatic heterocycles. The van der Waals surface area contributed by atoms with Crippen LogP contribution in [0.5, 0.6) is 11.5 Å². The minimum Gasteiger partial charge on any atom is -0.506 e. The number of ether oxygens (including phenoxy) is 1. The summed E-state index contributed by atoms with van der Waals surface area (Å²) >= 11 is 0. The molecule has 7 heteroatoms. The van der Waals surface area contributed by atoms with Gasteiger partial charge in [-0.2, -0.15) is 0 Å². The van der Waals surface area contributed by atoms with Crippen LogP contribution < -0.4 is 15.6 Å². The number of rotatable bonds is 4. The highest BCUT2D eigenvalue weighted by Gasteiger charge is 2.23. The van der Waals surface area contributed by atoms with Crippen molar-refractivity contribution in [2.75, 3.05) is 12.4 Å². The monoisotopic (exact) mass is 387 g/mol. The number of carbonyl (C=O) groups is 1. The van der Waals surface area contributed by atoms with E-state index < -0.39 is 17.2 Å². The molecule has 0 unspecified atom stereocenters. The average Bonchev–Trinajstić information content (AvgIpc) is 2.75. The van der Waals surface area contributed by atoms with Gasteiger partial charge in [-0.25, -0.2) is 4.98 Å². The number of nitrogens with one attached hydrogen (secondary N) is 1. The van der Waals surface area contributed by atoms with Crippen LogP contribution in [0.4, 0.5) is 5.69 Å². The fourth-order valence-electron chi connectivity index (χ4n) is 3.09. The molecule has 0 spiro atoms. The molecule has 2 N–H and O–H groups in total. The second-order valence-corrected chi connectivity index (χ2v) is 6.26. The SMILES string of the molecule is COc1ccc(-n2c(=O)c(C(=O)Nc3ccccc3)c(O)c3cccnc32)cc1. The zero-order valence-corrected chi connectivity index (χ0v) is 15.5. The topological polar surface area (TPSA) is 93.5 Å². The van der Waals surface area contributed by atoms with Gasteiger partial charge >= 0.3 is 0 Å². The molecular weight excluding hydrogens is 370 g/mol. The standard InChI is InChI=1S/C22H17N3O4/c1-29-16-11-9-15(10-12-16)25-20-17(8-5-13-23-20)19(26)18(22(25)28)21(27)24-14-6-3-2-4-7-14/h2-13,26H,1H3,(H,24,27). The quantitative estimate of drug-likeness (QED) is 0.560. The Kier molecular flexibility index (Phi) is 4.70. The molecule has 4 rings (SSSR count). The second kappa shape index (κ2) is 7.47. The summed E-state index contributed by atoms with van der Waals surface area (Å²) in [6, 6.07) is 18.7. The number of para-hydroxylation sites is 1. The maximum absolute atomic E-state index is 13.3. The fourth-order valence-corrected chi connectivity index (χ4v) is 3.09. The van der Waals surface area contributed by atoms with E-state index in [0.29, 0.717) is 22.5 Å². The molecule has 144 valence electrons. The molecule has 0 radical (unpaired) electrons. The van der Waals surface area contributed by atoms with Gasteiger partial charge in [-0.15, -0.1) is 0 Å². The van der Waals surface area contributed by atoms with Crippen molar-refractivity contribution in [2.24, 2.45) is 0 Å². The lowest BCUT2D eigenvalue weighted by molar-refractivity contribution is 0.102. The minimum absolute atomic E-state index is 0.247. The number of pyridine rings is 2. The third kappa shape index (κ3) is 3.29. The Hall–Kier alpha value is -4.13. The van der Waals surface area contributed by atoms with E-state index >= 15 is 0 Å². The van der Waals surface area contributed by atoms with E-state index in [1.165, 1.54) is 10.8 Å². The number of aromatic hydroxyl groups is 1. The van der Waals surface area contributed by atoms with E-state index in [4.69, 9.17) is 4.74 Å². The van der Waals surface area contributed by atoms with Gasteiger partial charge in [0.1, 0.15) is 17.1 Å². The van der Waals surface area contributed by atoms with Gasteiger partial charge < -0.3 is 15.2 Å². The van der Waals surface area contributed by atoms with Gasteiger partial charge in [0.05, 0.1) is 18.2 Å². The maximum atomic E-state index is 13.3. The summed E-state index contributed by atoms with van der Waals surface area (Å²) in [5, 5.41) is 13.6. The van der Waals surface area contributed by atoms with Crippen LogP contribution >= 0.6 is 0 Å². The molecule has 0 aliphatic rings. The van der Waals surface area contributed by atoms with Crippen LogP contribution in [0, 0.1) is 0 Å². The van der Waals surface area contributed by atoms with Crippen LogP contribution in [0.2, 0.25) is 0 Å². The van der Waals surface area contributed by atoms with Crippen LogP contribution in [-0.4, -0.2) is 27.7 Å². The lowest BCUT2D eigenvalue weighted by atomic mass is 10.1. The number of aromatic nitrogens is 2. The number of methoxy groups -OCH3 is 1. The third-order valence-electron chi connectivity index (χ3n) is 4.50. The summed E-state index contributed by atoms with van der Waals surface area (Å²) in [7, 11) is 1.55. The molecule has 0 saturated carbocycles. The number of anilines is 1. The molecular formula is C22H17N3O4. The average molecular weight is 387 g/mol. The Morgan fingerprint density at radius 1 is 1.03 bits per heavy atom. The predicted molar refractivity (Wildman–Crippen MR) is 110 cm³/mol. The summed E-state index contributed by atoms with van der Waals surface area (Å²) in [6.07, 6.45) is 1.52. The summed E-state index contributed by atoms with van der Waals surface area (Å²) in [5.74, 6) is -0.483. The molecule has 2 aromatic carbocycles. The zero-order chi connectivity index (χ0) is 20.4. The second-order valence-electron chi connectivity index (χ2n) is 6.26. The van der Waals surface area contributed by atoms with Crippen LogP contribution in [0.1, 0.15) is 10.4 Å². The van der Waals surface area contributed by atoms with Crippen molar-refractivity contribution in [2.45, 2.75) is 0 Å². The van der Waals surface area contributed by atoms with Gasteiger partial charge in [0.25, 0.3) is 11.5 Å². The molecule has 0 atom stereocenters. The summed E-state index contributed by atoms with van der Waals surface area (Å²) in [6.45, 7) is 0. The molecule has 0 saturated heterocycles. The van der Waals surface area contributed by atoms with Crippen LogP contribution in [0.3, 0.4) is 0 Å². The summed E-state index contributed by atoms with van der Waals surface area (Å²) in [5.41, 5.74) is 0.223. The van der Waals surface area contributed by atoms with E-state index in [9.17, 15) is 14.7 Å². The Morgan fingerprint density at radius 3 is 2.45 bits per heavy atom. The number of nitrogens with zero attached hydrogens (tertiary/aromatic N) is 2. The Bertz CT molecular complexity index is 1250. The first-order valence-electron chi connectivity index (χ1n) is 8.83. The van der Waals surface area contributed by atoms with Crippen LogP contribution in [0.25, 0.3) is 16.7 Å². The highest BCUT2D eigenvalue weighted by atomic mass is 16.5. The van der Waals surface area contributed by atoms with E-state index in [-0.39, 0.29) is 11.2 Å². The first-order valence-corrected chi connectivity index (χ1v) is 8.83. The third-order valence-corrected chi connectivity index (χ3v) is 4.50. The van der Waals surface area contributed by atoms with Crippen molar-refractivity contribution in [3.63, 3.8) is 0 Å². The Labute approximate surface area is 165 Å². The van der Waals surface area contributed by atoms with Gasteiger partial charge in [-0.3, -0.25) is 14.2 Å². The lowest BCUT2D eigenvalue weighted by Gasteiger charge is -2.14. The molecule has 0 fully saturated rings. The summed E-state index contributed by atoms with van der Waals surface area (Å²) < 4.78 is 6.46. The smallest absolute Gasteiger partial charge is 0.273 e. The molecule has 0 bridgehead atoms. The van der Waals surface area contributed by atoms with Gasteiger partial charge in [-0.1, -0.05) is 18.2 Å². The first kappa shape index (κ1) is 18.2. The Balaban J connectivity index is 1.93. The largest absolute Gasteiger partial charge is 0.506 e. The summed E-state index contributed by atoms with van der Waals surface area (Å²) in [4.78, 5) is 30.4. The Morgan fingerprint density at radius 2 is 1.76 bits per heavy atom. The van der Waals surface area contributed by atoms with Crippen molar-refractivity contribution >= 4 is 22.6 Å². The van der Waals surface area contributed by atoms with Gasteiger partial charge in [-0.05, 0) is 48.5 Å². The molecule has 7 nitrogen and oxygen atoms in total. The normalized spacial score (nSPS) is 10.7. The molecule has 1 amide bonds. The molecule has 0 aliphatic heterocycles. The van der Waals surface area contributed by atoms with Crippen molar-refractivity contribution in [3.8, 4) is 17.2 Å². The first-order chi connectivity index (χ1) is 14.1. The van der Waals surface area contributed by atoms with Crippen molar-refractivity contribution in [3.05, 3.63) is 88.8 Å². The number of fused-ring (bicyclic) bond motifs is 1. The molecule has 4 aromatic rings. The number of carbonyl (C=O) groups excluding carboxylic acids is 1. The van der Waals surface area contributed by atoms with Crippen LogP contribution in [0.15, 0.2) is 77.7 Å². The van der Waals surface area contributed by atoms with E-state index in [1.54, 1.807) is 67.8 Å². The minimum atomic E-state index is -0.702. The zero-order valence-electron chi connectivity index (χ0n) is 15.5. The van der Waals surface area contributed by atoms with Crippen molar-refractivity contribution < 1.29 is 14.6 Å². The van der Waals surface area contributed by atoms with Crippen LogP contribution in [-0.2, 0) is 0 Å². The number of hydrogen-bond acceptors (Lipinski definition) is 5. The predicted octanol–water partition coefficient (Wildman–Crippen LogP) is 3.35. The fraction of sp³-hybridized carbons (Fsp3) is 0.0455.